The first-order valence-electron chi connectivity index (χ1n) is 13.3. The Balaban J connectivity index is 1.16. The molecule has 0 heterocycles. The number of benzene rings is 4. The normalized spacial score (nSPS) is 10.6. The maximum atomic E-state index is 11.2. The largest absolute Gasteiger partial charge is 0.493 e. The highest BCUT2D eigenvalue weighted by molar-refractivity contribution is 5.81. The van der Waals surface area contributed by atoms with Gasteiger partial charge in [-0.05, 0) is 48.2 Å². The first-order valence-corrected chi connectivity index (χ1v) is 13.3. The molecule has 0 aliphatic rings. The highest BCUT2D eigenvalue weighted by Gasteiger charge is 2.09. The van der Waals surface area contributed by atoms with E-state index in [9.17, 15) is 9.59 Å². The van der Waals surface area contributed by atoms with Gasteiger partial charge in [0.2, 0.25) is 0 Å². The molecule has 194 valence electrons. The Morgan fingerprint density at radius 2 is 0.868 bits per heavy atom. The number of aldehydes is 2. The van der Waals surface area contributed by atoms with E-state index in [1.807, 2.05) is 97.1 Å². The summed E-state index contributed by atoms with van der Waals surface area (Å²) in [6.45, 7) is 1.25. The number of hydrogen-bond donors (Lipinski definition) is 0. The van der Waals surface area contributed by atoms with Crippen LogP contribution in [-0.2, 0) is 0 Å². The van der Waals surface area contributed by atoms with Crippen LogP contribution in [0, 0.1) is 0 Å². The Morgan fingerprint density at radius 1 is 0.474 bits per heavy atom. The molecule has 0 saturated carbocycles. The smallest absolute Gasteiger partial charge is 0.150 e. The molecular formula is C34H34O4. The van der Waals surface area contributed by atoms with E-state index in [2.05, 4.69) is 0 Å². The number of rotatable bonds is 15. The molecule has 0 bridgehead atoms. The Labute approximate surface area is 225 Å². The molecule has 0 radical (unpaired) electrons. The zero-order chi connectivity index (χ0) is 26.4. The highest BCUT2D eigenvalue weighted by atomic mass is 16.5. The first-order chi connectivity index (χ1) is 18.8. The molecule has 0 fully saturated rings. The molecule has 4 nitrogen and oxygen atoms in total. The Hall–Kier alpha value is -4.18. The maximum absolute atomic E-state index is 11.2. The van der Waals surface area contributed by atoms with Crippen LogP contribution in [0.3, 0.4) is 0 Å². The predicted molar refractivity (Wildman–Crippen MR) is 153 cm³/mol. The molecule has 0 atom stereocenters. The van der Waals surface area contributed by atoms with Crippen LogP contribution >= 0.6 is 0 Å². The Kier molecular flexibility index (Phi) is 10.3. The van der Waals surface area contributed by atoms with E-state index in [0.717, 1.165) is 84.9 Å². The van der Waals surface area contributed by atoms with Crippen LogP contribution in [0.5, 0.6) is 11.5 Å². The zero-order valence-electron chi connectivity index (χ0n) is 21.7. The maximum Gasteiger partial charge on any atom is 0.150 e. The number of ether oxygens (including phenoxy) is 2. The summed E-state index contributed by atoms with van der Waals surface area (Å²) in [6.07, 6.45) is 8.10. The minimum Gasteiger partial charge on any atom is -0.493 e. The average Bonchev–Trinajstić information content (AvgIpc) is 2.98. The second-order valence-corrected chi connectivity index (χ2v) is 9.30. The predicted octanol–water partition coefficient (Wildman–Crippen LogP) is 8.44. The molecule has 0 saturated heterocycles. The van der Waals surface area contributed by atoms with Crippen LogP contribution in [0.1, 0.15) is 59.2 Å². The van der Waals surface area contributed by atoms with E-state index in [1.165, 1.54) is 0 Å². The van der Waals surface area contributed by atoms with Crippen molar-refractivity contribution >= 4 is 12.6 Å². The van der Waals surface area contributed by atoms with Gasteiger partial charge in [0.25, 0.3) is 0 Å². The van der Waals surface area contributed by atoms with Gasteiger partial charge in [-0.3, -0.25) is 9.59 Å². The average molecular weight is 507 g/mol. The van der Waals surface area contributed by atoms with Crippen molar-refractivity contribution in [2.75, 3.05) is 13.2 Å². The first kappa shape index (κ1) is 26.9. The van der Waals surface area contributed by atoms with Crippen molar-refractivity contribution in [2.24, 2.45) is 0 Å². The third-order valence-electron chi connectivity index (χ3n) is 6.51. The van der Waals surface area contributed by atoms with Gasteiger partial charge in [0.15, 0.2) is 0 Å². The number of unbranched alkanes of at least 4 members (excludes halogenated alkanes) is 5. The van der Waals surface area contributed by atoms with Crippen molar-refractivity contribution in [2.45, 2.75) is 38.5 Å². The Morgan fingerprint density at radius 3 is 1.26 bits per heavy atom. The lowest BCUT2D eigenvalue weighted by molar-refractivity contribution is 0.111. The lowest BCUT2D eigenvalue weighted by atomic mass is 10.0. The highest BCUT2D eigenvalue weighted by Crippen LogP contribution is 2.32. The van der Waals surface area contributed by atoms with Crippen molar-refractivity contribution in [1.29, 1.82) is 0 Å². The summed E-state index contributed by atoms with van der Waals surface area (Å²) in [5, 5.41) is 0. The van der Waals surface area contributed by atoms with Crippen LogP contribution in [0.15, 0.2) is 97.1 Å². The van der Waals surface area contributed by atoms with Gasteiger partial charge in [-0.1, -0.05) is 98.5 Å². The summed E-state index contributed by atoms with van der Waals surface area (Å²) in [5.74, 6) is 1.51. The molecule has 0 unspecified atom stereocenters. The number of hydrogen-bond acceptors (Lipinski definition) is 4. The summed E-state index contributed by atoms with van der Waals surface area (Å²) < 4.78 is 12.2. The molecule has 4 aromatic carbocycles. The van der Waals surface area contributed by atoms with E-state index in [-0.39, 0.29) is 0 Å². The Bertz CT molecular complexity index is 1200. The topological polar surface area (TPSA) is 52.6 Å². The third-order valence-corrected chi connectivity index (χ3v) is 6.51. The minimum atomic E-state index is 0.621. The van der Waals surface area contributed by atoms with Gasteiger partial charge in [-0.25, -0.2) is 0 Å². The standard InChI is InChI=1S/C34H34O4/c35-25-27-17-19-31(29-13-7-5-8-14-29)33(23-27)37-21-11-3-1-2-4-12-22-38-34-24-28(26-36)18-20-32(34)30-15-9-6-10-16-30/h5-10,13-20,23-26H,1-4,11-12,21-22H2. The van der Waals surface area contributed by atoms with Gasteiger partial charge in [0.1, 0.15) is 24.1 Å². The second-order valence-electron chi connectivity index (χ2n) is 9.30. The molecular weight excluding hydrogens is 472 g/mol. The molecule has 0 aromatic heterocycles. The van der Waals surface area contributed by atoms with E-state index in [0.29, 0.717) is 24.3 Å². The van der Waals surface area contributed by atoms with Gasteiger partial charge in [-0.2, -0.15) is 0 Å². The zero-order valence-corrected chi connectivity index (χ0v) is 21.7. The fourth-order valence-corrected chi connectivity index (χ4v) is 4.45. The molecule has 38 heavy (non-hydrogen) atoms. The van der Waals surface area contributed by atoms with Crippen LogP contribution in [0.2, 0.25) is 0 Å². The summed E-state index contributed by atoms with van der Waals surface area (Å²) in [5.41, 5.74) is 5.41. The van der Waals surface area contributed by atoms with Crippen molar-refractivity contribution in [3.05, 3.63) is 108 Å². The van der Waals surface area contributed by atoms with E-state index in [4.69, 9.17) is 9.47 Å². The van der Waals surface area contributed by atoms with E-state index >= 15 is 0 Å². The fourth-order valence-electron chi connectivity index (χ4n) is 4.45. The molecule has 0 spiro atoms. The van der Waals surface area contributed by atoms with Gasteiger partial charge in [0.05, 0.1) is 13.2 Å². The molecule has 0 aliphatic carbocycles. The fraction of sp³-hybridized carbons (Fsp3) is 0.235. The summed E-state index contributed by atoms with van der Waals surface area (Å²) in [7, 11) is 0. The minimum absolute atomic E-state index is 0.621. The van der Waals surface area contributed by atoms with Gasteiger partial charge in [-0.15, -0.1) is 0 Å². The third kappa shape index (κ3) is 7.66. The van der Waals surface area contributed by atoms with Gasteiger partial charge >= 0.3 is 0 Å². The van der Waals surface area contributed by atoms with Crippen LogP contribution in [0.4, 0.5) is 0 Å². The van der Waals surface area contributed by atoms with E-state index < -0.39 is 0 Å². The lowest BCUT2D eigenvalue weighted by Crippen LogP contribution is -2.01. The number of carbonyl (C=O) groups is 2. The second kappa shape index (κ2) is 14.5. The van der Waals surface area contributed by atoms with Gasteiger partial charge < -0.3 is 9.47 Å². The SMILES string of the molecule is O=Cc1ccc(-c2ccccc2)c(OCCCCCCCCOc2cc(C=O)ccc2-c2ccccc2)c1. The van der Waals surface area contributed by atoms with Crippen molar-refractivity contribution in [1.82, 2.24) is 0 Å². The van der Waals surface area contributed by atoms with Crippen LogP contribution < -0.4 is 9.47 Å². The summed E-state index contributed by atoms with van der Waals surface area (Å²) >= 11 is 0. The monoisotopic (exact) mass is 506 g/mol. The molecule has 4 aromatic rings. The summed E-state index contributed by atoms with van der Waals surface area (Å²) in [6, 6.07) is 31.4. The molecule has 4 rings (SSSR count). The van der Waals surface area contributed by atoms with E-state index in [1.54, 1.807) is 0 Å². The lowest BCUT2D eigenvalue weighted by Gasteiger charge is -2.13. The molecule has 4 heteroatoms. The molecule has 0 aliphatic heterocycles. The van der Waals surface area contributed by atoms with Crippen LogP contribution in [-0.4, -0.2) is 25.8 Å². The van der Waals surface area contributed by atoms with Crippen molar-refractivity contribution in [3.63, 3.8) is 0 Å². The number of carbonyl (C=O) groups excluding carboxylic acids is 2. The quantitative estimate of drug-likeness (QED) is 0.120. The van der Waals surface area contributed by atoms with Crippen LogP contribution in [0.25, 0.3) is 22.3 Å². The summed E-state index contributed by atoms with van der Waals surface area (Å²) in [4.78, 5) is 22.5. The van der Waals surface area contributed by atoms with Gasteiger partial charge in [0, 0.05) is 22.3 Å². The van der Waals surface area contributed by atoms with Crippen molar-refractivity contribution in [3.8, 4) is 33.8 Å². The molecule has 0 amide bonds. The van der Waals surface area contributed by atoms with Crippen molar-refractivity contribution < 1.29 is 19.1 Å². The molecule has 0 N–H and O–H groups in total.